The first-order valence-corrected chi connectivity index (χ1v) is 9.97. The van der Waals surface area contributed by atoms with E-state index in [1.54, 1.807) is 0 Å². The van der Waals surface area contributed by atoms with Gasteiger partial charge in [-0.15, -0.1) is 0 Å². The van der Waals surface area contributed by atoms with E-state index < -0.39 is 0 Å². The number of pyridine rings is 1. The summed E-state index contributed by atoms with van der Waals surface area (Å²) in [6, 6.07) is 17.2. The van der Waals surface area contributed by atoms with Gasteiger partial charge in [-0.2, -0.15) is 0 Å². The number of benzene rings is 2. The van der Waals surface area contributed by atoms with Gasteiger partial charge in [0.1, 0.15) is 12.4 Å². The molecular formula is C24H25N3O2. The lowest BCUT2D eigenvalue weighted by Gasteiger charge is -2.20. The minimum Gasteiger partial charge on any atom is -0.489 e. The number of carbonyl (C=O) groups is 1. The summed E-state index contributed by atoms with van der Waals surface area (Å²) in [7, 11) is 0. The first-order valence-electron chi connectivity index (χ1n) is 9.97. The van der Waals surface area contributed by atoms with Gasteiger partial charge < -0.3 is 15.8 Å². The molecule has 4 rings (SSSR count). The molecule has 1 aromatic heterocycles. The molecule has 0 atom stereocenters. The Hall–Kier alpha value is -3.34. The van der Waals surface area contributed by atoms with Crippen molar-refractivity contribution in [2.75, 3.05) is 17.7 Å². The summed E-state index contributed by atoms with van der Waals surface area (Å²) < 4.78 is 5.90. The Bertz CT molecular complexity index is 1070. The number of hydrogen-bond donors (Lipinski definition) is 2. The van der Waals surface area contributed by atoms with Crippen molar-refractivity contribution in [3.05, 3.63) is 71.4 Å². The van der Waals surface area contributed by atoms with E-state index in [9.17, 15) is 4.79 Å². The Morgan fingerprint density at radius 3 is 2.72 bits per heavy atom. The third-order valence-electron chi connectivity index (χ3n) is 5.24. The highest BCUT2D eigenvalue weighted by Gasteiger charge is 2.20. The van der Waals surface area contributed by atoms with Crippen molar-refractivity contribution >= 4 is 28.2 Å². The maximum Gasteiger partial charge on any atom is 0.251 e. The Balaban J connectivity index is 1.53. The molecule has 0 bridgehead atoms. The summed E-state index contributed by atoms with van der Waals surface area (Å²) >= 11 is 0. The topological polar surface area (TPSA) is 77.2 Å². The third-order valence-corrected chi connectivity index (χ3v) is 5.24. The van der Waals surface area contributed by atoms with Crippen LogP contribution >= 0.6 is 0 Å². The molecule has 0 fully saturated rings. The predicted molar refractivity (Wildman–Crippen MR) is 117 cm³/mol. The maximum absolute atomic E-state index is 13.0. The number of nitrogens with two attached hydrogens (primary N) is 1. The molecule has 3 N–H and O–H groups in total. The zero-order valence-corrected chi connectivity index (χ0v) is 16.6. The standard InChI is InChI=1S/C24H25N3O2/c1-16-13-22(25)21-14-18(11-12-23(21)26-16)27-24(28)20-10-6-5-7-17(20)15-29-19-8-3-2-4-9-19/h2-4,8-9,11-14H,5-7,10,15H2,1H3,(H2,25,26)(H,27,28). The molecule has 2 aromatic carbocycles. The zero-order chi connectivity index (χ0) is 20.2. The van der Waals surface area contributed by atoms with E-state index in [2.05, 4.69) is 10.3 Å². The lowest BCUT2D eigenvalue weighted by atomic mass is 9.91. The van der Waals surface area contributed by atoms with Crippen molar-refractivity contribution in [2.24, 2.45) is 0 Å². The van der Waals surface area contributed by atoms with Crippen LogP contribution in [0.2, 0.25) is 0 Å². The van der Waals surface area contributed by atoms with E-state index in [1.807, 2.05) is 61.5 Å². The number of fused-ring (bicyclic) bond motifs is 1. The van der Waals surface area contributed by atoms with Crippen molar-refractivity contribution in [3.8, 4) is 5.75 Å². The molecular weight excluding hydrogens is 362 g/mol. The Morgan fingerprint density at radius 1 is 1.10 bits per heavy atom. The Labute approximate surface area is 170 Å². The molecule has 1 aliphatic rings. The number of nitrogens with one attached hydrogen (secondary N) is 1. The molecule has 1 heterocycles. The van der Waals surface area contributed by atoms with Crippen LogP contribution in [0.1, 0.15) is 31.4 Å². The summed E-state index contributed by atoms with van der Waals surface area (Å²) in [6.07, 6.45) is 3.77. The van der Waals surface area contributed by atoms with Gasteiger partial charge in [-0.25, -0.2) is 0 Å². The van der Waals surface area contributed by atoms with Crippen LogP contribution in [0.4, 0.5) is 11.4 Å². The number of rotatable bonds is 5. The number of nitrogen functional groups attached to an aromatic ring is 1. The molecule has 0 saturated carbocycles. The first-order chi connectivity index (χ1) is 14.1. The normalized spacial score (nSPS) is 14.1. The number of hydrogen-bond acceptors (Lipinski definition) is 4. The fourth-order valence-corrected chi connectivity index (χ4v) is 3.76. The molecule has 0 unspecified atom stereocenters. The molecule has 0 aliphatic heterocycles. The molecule has 5 nitrogen and oxygen atoms in total. The van der Waals surface area contributed by atoms with Gasteiger partial charge in [-0.3, -0.25) is 9.78 Å². The van der Waals surface area contributed by atoms with E-state index in [4.69, 9.17) is 10.5 Å². The third kappa shape index (κ3) is 4.40. The van der Waals surface area contributed by atoms with Crippen molar-refractivity contribution in [1.82, 2.24) is 4.98 Å². The smallest absolute Gasteiger partial charge is 0.251 e. The number of anilines is 2. The quantitative estimate of drug-likeness (QED) is 0.645. The minimum atomic E-state index is -0.0608. The predicted octanol–water partition coefficient (Wildman–Crippen LogP) is 5.01. The van der Waals surface area contributed by atoms with Crippen LogP contribution in [0.25, 0.3) is 10.9 Å². The highest BCUT2D eigenvalue weighted by atomic mass is 16.5. The van der Waals surface area contributed by atoms with Crippen molar-refractivity contribution in [1.29, 1.82) is 0 Å². The van der Waals surface area contributed by atoms with Crippen LogP contribution in [-0.4, -0.2) is 17.5 Å². The van der Waals surface area contributed by atoms with Crippen LogP contribution in [0.3, 0.4) is 0 Å². The molecule has 29 heavy (non-hydrogen) atoms. The fourth-order valence-electron chi connectivity index (χ4n) is 3.76. The largest absolute Gasteiger partial charge is 0.489 e. The number of aryl methyl sites for hydroxylation is 1. The first kappa shape index (κ1) is 19.0. The second kappa shape index (κ2) is 8.35. The molecule has 148 valence electrons. The SMILES string of the molecule is Cc1cc(N)c2cc(NC(=O)C3=C(COc4ccccc4)CCCC3)ccc2n1. The summed E-state index contributed by atoms with van der Waals surface area (Å²) in [5.41, 5.74) is 11.1. The summed E-state index contributed by atoms with van der Waals surface area (Å²) in [5, 5.41) is 3.88. The summed E-state index contributed by atoms with van der Waals surface area (Å²) in [5.74, 6) is 0.757. The molecule has 3 aromatic rings. The average Bonchev–Trinajstić information content (AvgIpc) is 2.73. The van der Waals surface area contributed by atoms with Gasteiger partial charge in [0, 0.05) is 28.0 Å². The summed E-state index contributed by atoms with van der Waals surface area (Å²) in [4.78, 5) is 17.5. The number of nitrogens with zero attached hydrogens (tertiary/aromatic N) is 1. The van der Waals surface area contributed by atoms with Gasteiger partial charge in [0.2, 0.25) is 0 Å². The van der Waals surface area contributed by atoms with E-state index in [0.717, 1.165) is 64.9 Å². The average molecular weight is 387 g/mol. The van der Waals surface area contributed by atoms with Crippen LogP contribution < -0.4 is 15.8 Å². The fraction of sp³-hybridized carbons (Fsp3) is 0.250. The highest BCUT2D eigenvalue weighted by Crippen LogP contribution is 2.28. The number of ether oxygens (including phenoxy) is 1. The van der Waals surface area contributed by atoms with E-state index in [0.29, 0.717) is 12.3 Å². The van der Waals surface area contributed by atoms with Crippen LogP contribution in [-0.2, 0) is 4.79 Å². The van der Waals surface area contributed by atoms with Gasteiger partial charge in [-0.1, -0.05) is 18.2 Å². The van der Waals surface area contributed by atoms with Crippen LogP contribution in [0.5, 0.6) is 5.75 Å². The molecule has 0 saturated heterocycles. The number of amides is 1. The van der Waals surface area contributed by atoms with Crippen LogP contribution in [0.15, 0.2) is 65.7 Å². The monoisotopic (exact) mass is 387 g/mol. The molecule has 0 spiro atoms. The van der Waals surface area contributed by atoms with Gasteiger partial charge in [-0.05, 0) is 74.6 Å². The van der Waals surface area contributed by atoms with Crippen molar-refractivity contribution in [2.45, 2.75) is 32.6 Å². The van der Waals surface area contributed by atoms with Crippen LogP contribution in [0, 0.1) is 6.92 Å². The molecule has 0 radical (unpaired) electrons. The van der Waals surface area contributed by atoms with E-state index in [-0.39, 0.29) is 5.91 Å². The lowest BCUT2D eigenvalue weighted by Crippen LogP contribution is -2.20. The van der Waals surface area contributed by atoms with E-state index >= 15 is 0 Å². The molecule has 5 heteroatoms. The second-order valence-corrected chi connectivity index (χ2v) is 7.43. The minimum absolute atomic E-state index is 0.0608. The highest BCUT2D eigenvalue weighted by molar-refractivity contribution is 6.05. The Kier molecular flexibility index (Phi) is 5.47. The van der Waals surface area contributed by atoms with Gasteiger partial charge in [0.15, 0.2) is 0 Å². The molecule has 1 amide bonds. The number of aromatic nitrogens is 1. The van der Waals surface area contributed by atoms with Crippen molar-refractivity contribution < 1.29 is 9.53 Å². The second-order valence-electron chi connectivity index (χ2n) is 7.43. The van der Waals surface area contributed by atoms with E-state index in [1.165, 1.54) is 0 Å². The van der Waals surface area contributed by atoms with Gasteiger partial charge >= 0.3 is 0 Å². The molecule has 1 aliphatic carbocycles. The van der Waals surface area contributed by atoms with Crippen molar-refractivity contribution in [3.63, 3.8) is 0 Å². The number of para-hydroxylation sites is 1. The maximum atomic E-state index is 13.0. The van der Waals surface area contributed by atoms with Gasteiger partial charge in [0.05, 0.1) is 5.52 Å². The summed E-state index contributed by atoms with van der Waals surface area (Å²) in [6.45, 7) is 2.36. The number of carbonyl (C=O) groups excluding carboxylic acids is 1. The zero-order valence-electron chi connectivity index (χ0n) is 16.6. The Morgan fingerprint density at radius 2 is 1.90 bits per heavy atom. The lowest BCUT2D eigenvalue weighted by molar-refractivity contribution is -0.113. The van der Waals surface area contributed by atoms with Gasteiger partial charge in [0.25, 0.3) is 5.91 Å².